The van der Waals surface area contributed by atoms with Gasteiger partial charge in [0.05, 0.1) is 12.5 Å². The smallest absolute Gasteiger partial charge is 0.326 e. The van der Waals surface area contributed by atoms with E-state index < -0.39 is 60.2 Å². The van der Waals surface area contributed by atoms with Crippen molar-refractivity contribution in [3.63, 3.8) is 0 Å². The maximum Gasteiger partial charge on any atom is 0.326 e. The fraction of sp³-hybridized carbons (Fsp3) is 0.296. The second-order valence-corrected chi connectivity index (χ2v) is 9.78. The van der Waals surface area contributed by atoms with Gasteiger partial charge in [0.15, 0.2) is 0 Å². The van der Waals surface area contributed by atoms with Gasteiger partial charge in [0.25, 0.3) is 0 Å². The number of thiol groups is 1. The molecule has 2 aromatic carbocycles. The van der Waals surface area contributed by atoms with Crippen molar-refractivity contribution in [2.75, 3.05) is 5.75 Å². The van der Waals surface area contributed by atoms with Gasteiger partial charge in [-0.3, -0.25) is 19.2 Å². The van der Waals surface area contributed by atoms with E-state index in [-0.39, 0.29) is 24.3 Å². The number of carboxylic acid groups (broad SMARTS) is 1. The zero-order valence-corrected chi connectivity index (χ0v) is 22.8. The molecule has 41 heavy (non-hydrogen) atoms. The number of carboxylic acids is 1. The normalized spacial score (nSPS) is 13.9. The molecule has 0 spiro atoms. The van der Waals surface area contributed by atoms with Gasteiger partial charge in [0, 0.05) is 35.7 Å². The van der Waals surface area contributed by atoms with Gasteiger partial charge in [-0.1, -0.05) is 30.3 Å². The number of phenols is 1. The first-order chi connectivity index (χ1) is 19.5. The minimum atomic E-state index is -1.46. The summed E-state index contributed by atoms with van der Waals surface area (Å²) in [6, 6.07) is 7.91. The maximum absolute atomic E-state index is 13.4. The van der Waals surface area contributed by atoms with Gasteiger partial charge in [-0.25, -0.2) is 4.79 Å². The lowest BCUT2D eigenvalue weighted by Crippen LogP contribution is -2.58. The van der Waals surface area contributed by atoms with Gasteiger partial charge in [-0.05, 0) is 29.3 Å². The number of nitrogens with one attached hydrogen (secondary N) is 4. The summed E-state index contributed by atoms with van der Waals surface area (Å²) in [5, 5.41) is 27.6. The number of para-hydroxylation sites is 1. The second-order valence-electron chi connectivity index (χ2n) is 9.42. The van der Waals surface area contributed by atoms with Gasteiger partial charge < -0.3 is 42.6 Å². The monoisotopic (exact) mass is 584 g/mol. The maximum atomic E-state index is 13.4. The van der Waals surface area contributed by atoms with Crippen molar-refractivity contribution in [2.24, 2.45) is 11.5 Å². The fourth-order valence-electron chi connectivity index (χ4n) is 4.11. The molecular weight excluding hydrogens is 552 g/mol. The van der Waals surface area contributed by atoms with Crippen LogP contribution in [0.25, 0.3) is 10.9 Å². The molecule has 0 aliphatic carbocycles. The molecule has 0 bridgehead atoms. The Morgan fingerprint density at radius 3 is 2.10 bits per heavy atom. The summed E-state index contributed by atoms with van der Waals surface area (Å²) in [6.07, 6.45) is 0.926. The van der Waals surface area contributed by atoms with Crippen molar-refractivity contribution in [1.82, 2.24) is 20.9 Å². The standard InChI is InChI=1S/C27H32N6O7S/c28-18(13-41)24(36)31-21(11-23(29)35)26(38)32-20(9-14-5-7-16(34)8-6-14)25(37)33-22(27(39)40)10-15-12-30-19-4-2-1-3-17(15)19/h1-8,12,18,20-22,30,34,41H,9-11,13,28H2,(H2,29,35)(H,31,36)(H,32,38)(H,33,37)(H,39,40). The van der Waals surface area contributed by atoms with Crippen molar-refractivity contribution < 1.29 is 34.2 Å². The van der Waals surface area contributed by atoms with Crippen molar-refractivity contribution in [1.29, 1.82) is 0 Å². The minimum Gasteiger partial charge on any atom is -0.508 e. The van der Waals surface area contributed by atoms with Gasteiger partial charge >= 0.3 is 5.97 Å². The Balaban J connectivity index is 1.84. The van der Waals surface area contributed by atoms with Gasteiger partial charge in [-0.15, -0.1) is 0 Å². The predicted octanol–water partition coefficient (Wildman–Crippen LogP) is -0.670. The van der Waals surface area contributed by atoms with Crippen LogP contribution in [0.5, 0.6) is 5.75 Å². The molecule has 4 amide bonds. The minimum absolute atomic E-state index is 0.0202. The molecule has 0 saturated heterocycles. The Morgan fingerprint density at radius 1 is 0.854 bits per heavy atom. The summed E-state index contributed by atoms with van der Waals surface area (Å²) >= 11 is 3.94. The van der Waals surface area contributed by atoms with E-state index in [9.17, 15) is 34.2 Å². The lowest BCUT2D eigenvalue weighted by molar-refractivity contribution is -0.142. The van der Waals surface area contributed by atoms with E-state index in [1.165, 1.54) is 24.3 Å². The van der Waals surface area contributed by atoms with Crippen molar-refractivity contribution in [3.05, 3.63) is 65.9 Å². The van der Waals surface area contributed by atoms with Crippen LogP contribution in [0.15, 0.2) is 54.7 Å². The third kappa shape index (κ3) is 8.71. The highest BCUT2D eigenvalue weighted by molar-refractivity contribution is 7.80. The Bertz CT molecular complexity index is 1410. The first kappa shape index (κ1) is 31.0. The number of amides is 4. The molecule has 1 aromatic heterocycles. The van der Waals surface area contributed by atoms with Crippen LogP contribution in [-0.2, 0) is 36.8 Å². The van der Waals surface area contributed by atoms with Crippen LogP contribution in [0.4, 0.5) is 0 Å². The molecule has 10 N–H and O–H groups in total. The van der Waals surface area contributed by atoms with Crippen LogP contribution in [0.1, 0.15) is 17.5 Å². The fourth-order valence-corrected chi connectivity index (χ4v) is 4.28. The van der Waals surface area contributed by atoms with Crippen LogP contribution >= 0.6 is 12.6 Å². The molecule has 0 radical (unpaired) electrons. The molecule has 0 saturated carbocycles. The number of primary amides is 1. The quantitative estimate of drug-likeness (QED) is 0.110. The number of nitrogens with two attached hydrogens (primary N) is 2. The van der Waals surface area contributed by atoms with Gasteiger partial charge in [0.1, 0.15) is 23.9 Å². The van der Waals surface area contributed by atoms with E-state index in [1.807, 2.05) is 24.3 Å². The lowest BCUT2D eigenvalue weighted by Gasteiger charge is -2.25. The molecule has 0 aliphatic heterocycles. The van der Waals surface area contributed by atoms with Gasteiger partial charge in [-0.2, -0.15) is 12.6 Å². The number of H-pyrrole nitrogens is 1. The summed E-state index contributed by atoms with van der Waals surface area (Å²) < 4.78 is 0. The number of hydrogen-bond donors (Lipinski definition) is 9. The topological polar surface area (TPSA) is 230 Å². The molecule has 218 valence electrons. The van der Waals surface area contributed by atoms with Crippen molar-refractivity contribution in [3.8, 4) is 5.75 Å². The zero-order chi connectivity index (χ0) is 30.1. The van der Waals surface area contributed by atoms with Crippen molar-refractivity contribution in [2.45, 2.75) is 43.4 Å². The molecule has 1 heterocycles. The lowest BCUT2D eigenvalue weighted by atomic mass is 10.0. The zero-order valence-electron chi connectivity index (χ0n) is 21.9. The van der Waals surface area contributed by atoms with Crippen LogP contribution in [0.3, 0.4) is 0 Å². The number of phenolic OH excluding ortho intramolecular Hbond substituents is 1. The molecule has 0 aliphatic rings. The third-order valence-corrected chi connectivity index (χ3v) is 6.69. The second kappa shape index (κ2) is 14.2. The Hall–Kier alpha value is -4.56. The molecular formula is C27H32N6O7S. The van der Waals surface area contributed by atoms with E-state index in [1.54, 1.807) is 6.20 Å². The number of aliphatic carboxylic acids is 1. The summed E-state index contributed by atoms with van der Waals surface area (Å²) in [4.78, 5) is 65.7. The number of carbonyl (C=O) groups is 5. The van der Waals surface area contributed by atoms with E-state index >= 15 is 0 Å². The first-order valence-corrected chi connectivity index (χ1v) is 13.2. The molecule has 13 nitrogen and oxygen atoms in total. The van der Waals surface area contributed by atoms with Crippen molar-refractivity contribution >= 4 is 53.1 Å². The number of rotatable bonds is 14. The highest BCUT2D eigenvalue weighted by Gasteiger charge is 2.31. The van der Waals surface area contributed by atoms with Crippen LogP contribution in [0, 0.1) is 0 Å². The summed E-state index contributed by atoms with van der Waals surface area (Å²) in [6.45, 7) is 0. The van der Waals surface area contributed by atoms with Gasteiger partial charge in [0.2, 0.25) is 23.6 Å². The van der Waals surface area contributed by atoms with E-state index in [4.69, 9.17) is 11.5 Å². The third-order valence-electron chi connectivity index (χ3n) is 6.29. The van der Waals surface area contributed by atoms with E-state index in [0.717, 1.165) is 10.9 Å². The number of benzene rings is 2. The summed E-state index contributed by atoms with van der Waals surface area (Å²) in [7, 11) is 0. The predicted molar refractivity (Wildman–Crippen MR) is 153 cm³/mol. The average Bonchev–Trinajstić information content (AvgIpc) is 3.34. The SMILES string of the molecule is NC(=O)CC(NC(=O)C(N)CS)C(=O)NC(Cc1ccc(O)cc1)C(=O)NC(Cc1c[nH]c2ccccc12)C(=O)O. The molecule has 14 heteroatoms. The van der Waals surface area contributed by atoms with Crippen LogP contribution in [0.2, 0.25) is 0 Å². The highest BCUT2D eigenvalue weighted by atomic mass is 32.1. The number of fused-ring (bicyclic) bond motifs is 1. The number of hydrogen-bond acceptors (Lipinski definition) is 8. The Kier molecular flexibility index (Phi) is 10.7. The average molecular weight is 585 g/mol. The summed E-state index contributed by atoms with van der Waals surface area (Å²) in [5.41, 5.74) is 12.9. The van der Waals surface area contributed by atoms with E-state index in [2.05, 4.69) is 33.6 Å². The summed E-state index contributed by atoms with van der Waals surface area (Å²) in [5.74, 6) is -4.73. The highest BCUT2D eigenvalue weighted by Crippen LogP contribution is 2.19. The molecule has 4 unspecified atom stereocenters. The number of aromatic hydroxyl groups is 1. The number of carbonyl (C=O) groups excluding carboxylic acids is 4. The Morgan fingerprint density at radius 2 is 1.46 bits per heavy atom. The van der Waals surface area contributed by atoms with Crippen LogP contribution in [-0.4, -0.2) is 74.7 Å². The largest absolute Gasteiger partial charge is 0.508 e. The number of aromatic nitrogens is 1. The number of aromatic amines is 1. The molecule has 3 aromatic rings. The first-order valence-electron chi connectivity index (χ1n) is 12.6. The molecule has 4 atom stereocenters. The molecule has 3 rings (SSSR count). The molecule has 0 fully saturated rings. The van der Waals surface area contributed by atoms with E-state index in [0.29, 0.717) is 11.1 Å². The Labute approximate surface area is 240 Å². The van der Waals surface area contributed by atoms with Crippen LogP contribution < -0.4 is 27.4 Å².